The van der Waals surface area contributed by atoms with Crippen LogP contribution in [0.2, 0.25) is 0 Å². The number of aromatic nitrogens is 2. The van der Waals surface area contributed by atoms with Gasteiger partial charge in [0.25, 0.3) is 5.56 Å². The number of rotatable bonds is 4. The standard InChI is InChI=1S/C11H13F3N2O4/c12-11(13,14)7-2-16(9(20)15-8(7)19)4-10(5-18)1-6(10)3-17/h2,6,17-18H,1,3-5H2,(H,15,19,20)/t6-,10-/m0/s1. The van der Waals surface area contributed by atoms with Crippen molar-refractivity contribution in [3.8, 4) is 0 Å². The molecule has 2 atom stereocenters. The van der Waals surface area contributed by atoms with E-state index in [1.807, 2.05) is 0 Å². The van der Waals surface area contributed by atoms with E-state index >= 15 is 0 Å². The van der Waals surface area contributed by atoms with Crippen LogP contribution < -0.4 is 11.2 Å². The van der Waals surface area contributed by atoms with E-state index in [4.69, 9.17) is 5.11 Å². The molecule has 3 N–H and O–H groups in total. The Kier molecular flexibility index (Phi) is 3.51. The number of aromatic amines is 1. The molecule has 1 saturated carbocycles. The SMILES string of the molecule is O=c1[nH]c(=O)n(C[C@]2(CO)C[C@H]2CO)cc1C(F)(F)F. The van der Waals surface area contributed by atoms with E-state index in [1.165, 1.54) is 0 Å². The molecule has 0 aromatic carbocycles. The average Bonchev–Trinajstić information content (AvgIpc) is 3.05. The molecule has 0 saturated heterocycles. The molecule has 0 unspecified atom stereocenters. The summed E-state index contributed by atoms with van der Waals surface area (Å²) in [5.41, 5.74) is -4.74. The molecular weight excluding hydrogens is 281 g/mol. The molecule has 20 heavy (non-hydrogen) atoms. The number of aliphatic hydroxyl groups is 2. The molecule has 2 rings (SSSR count). The molecule has 0 bridgehead atoms. The number of aliphatic hydroxyl groups excluding tert-OH is 2. The second kappa shape index (κ2) is 4.74. The van der Waals surface area contributed by atoms with Crippen molar-refractivity contribution in [2.75, 3.05) is 13.2 Å². The van der Waals surface area contributed by atoms with Crippen LogP contribution in [0.15, 0.2) is 15.8 Å². The number of hydrogen-bond donors (Lipinski definition) is 3. The van der Waals surface area contributed by atoms with Gasteiger partial charge in [0.15, 0.2) is 0 Å². The van der Waals surface area contributed by atoms with Gasteiger partial charge in [-0.05, 0) is 12.3 Å². The van der Waals surface area contributed by atoms with Gasteiger partial charge in [0, 0.05) is 24.8 Å². The van der Waals surface area contributed by atoms with E-state index in [0.29, 0.717) is 12.6 Å². The number of halogens is 3. The molecular formula is C11H13F3N2O4. The summed E-state index contributed by atoms with van der Waals surface area (Å²) in [7, 11) is 0. The number of hydrogen-bond acceptors (Lipinski definition) is 4. The predicted molar refractivity (Wildman–Crippen MR) is 61.0 cm³/mol. The lowest BCUT2D eigenvalue weighted by Crippen LogP contribution is -2.37. The maximum atomic E-state index is 12.6. The average molecular weight is 294 g/mol. The van der Waals surface area contributed by atoms with Gasteiger partial charge >= 0.3 is 11.9 Å². The first-order valence-electron chi connectivity index (χ1n) is 5.86. The first kappa shape index (κ1) is 14.8. The van der Waals surface area contributed by atoms with Gasteiger partial charge in [-0.3, -0.25) is 14.3 Å². The molecule has 0 amide bonds. The third kappa shape index (κ3) is 2.50. The summed E-state index contributed by atoms with van der Waals surface area (Å²) in [5, 5.41) is 18.3. The summed E-state index contributed by atoms with van der Waals surface area (Å²) < 4.78 is 38.5. The maximum absolute atomic E-state index is 12.6. The second-order valence-corrected chi connectivity index (χ2v) is 5.03. The molecule has 0 radical (unpaired) electrons. The Hall–Kier alpha value is -1.61. The highest BCUT2D eigenvalue weighted by Gasteiger charge is 2.53. The van der Waals surface area contributed by atoms with E-state index in [2.05, 4.69) is 0 Å². The molecule has 1 aromatic rings. The normalized spacial score (nSPS) is 25.8. The van der Waals surface area contributed by atoms with Crippen LogP contribution in [0.5, 0.6) is 0 Å². The molecule has 6 nitrogen and oxygen atoms in total. The van der Waals surface area contributed by atoms with Gasteiger partial charge in [-0.25, -0.2) is 4.79 Å². The van der Waals surface area contributed by atoms with E-state index < -0.39 is 28.4 Å². The molecule has 1 heterocycles. The summed E-state index contributed by atoms with van der Waals surface area (Å²) in [6.07, 6.45) is -4.01. The van der Waals surface area contributed by atoms with Gasteiger partial charge < -0.3 is 10.2 Å². The highest BCUT2D eigenvalue weighted by molar-refractivity contribution is 5.10. The lowest BCUT2D eigenvalue weighted by Gasteiger charge is -2.16. The quantitative estimate of drug-likeness (QED) is 0.700. The largest absolute Gasteiger partial charge is 0.423 e. The Morgan fingerprint density at radius 1 is 1.40 bits per heavy atom. The summed E-state index contributed by atoms with van der Waals surface area (Å²) in [6.45, 7) is -0.761. The van der Waals surface area contributed by atoms with Crippen LogP contribution in [0.25, 0.3) is 0 Å². The van der Waals surface area contributed by atoms with Crippen molar-refractivity contribution in [2.45, 2.75) is 19.1 Å². The van der Waals surface area contributed by atoms with E-state index in [9.17, 15) is 27.9 Å². The number of H-pyrrole nitrogens is 1. The Morgan fingerprint density at radius 3 is 2.50 bits per heavy atom. The molecule has 1 fully saturated rings. The molecule has 1 aliphatic carbocycles. The van der Waals surface area contributed by atoms with Gasteiger partial charge in [-0.1, -0.05) is 0 Å². The van der Waals surface area contributed by atoms with Crippen LogP contribution >= 0.6 is 0 Å². The third-order valence-electron chi connectivity index (χ3n) is 3.70. The smallest absolute Gasteiger partial charge is 0.396 e. The molecule has 1 aromatic heterocycles. The zero-order valence-electron chi connectivity index (χ0n) is 10.3. The topological polar surface area (TPSA) is 95.3 Å². The molecule has 112 valence electrons. The van der Waals surface area contributed by atoms with Gasteiger partial charge in [0.1, 0.15) is 5.56 Å². The summed E-state index contributed by atoms with van der Waals surface area (Å²) >= 11 is 0. The lowest BCUT2D eigenvalue weighted by atomic mass is 10.1. The molecule has 0 aliphatic heterocycles. The van der Waals surface area contributed by atoms with Crippen molar-refractivity contribution in [1.82, 2.24) is 9.55 Å². The molecule has 1 aliphatic rings. The number of nitrogens with one attached hydrogen (secondary N) is 1. The Balaban J connectivity index is 2.39. The van der Waals surface area contributed by atoms with Crippen molar-refractivity contribution in [3.63, 3.8) is 0 Å². The fraction of sp³-hybridized carbons (Fsp3) is 0.636. The fourth-order valence-corrected chi connectivity index (χ4v) is 2.30. The maximum Gasteiger partial charge on any atom is 0.423 e. The van der Waals surface area contributed by atoms with Crippen molar-refractivity contribution in [1.29, 1.82) is 0 Å². The van der Waals surface area contributed by atoms with Gasteiger partial charge in [0.05, 0.1) is 6.61 Å². The van der Waals surface area contributed by atoms with Crippen LogP contribution in [0, 0.1) is 11.3 Å². The Bertz CT molecular complexity index is 621. The summed E-state index contributed by atoms with van der Waals surface area (Å²) in [6, 6.07) is 0. The number of nitrogens with zero attached hydrogens (tertiary/aromatic N) is 1. The van der Waals surface area contributed by atoms with E-state index in [0.717, 1.165) is 4.57 Å². The minimum atomic E-state index is -4.87. The van der Waals surface area contributed by atoms with Gasteiger partial charge in [-0.15, -0.1) is 0 Å². The summed E-state index contributed by atoms with van der Waals surface area (Å²) in [4.78, 5) is 24.3. The van der Waals surface area contributed by atoms with Crippen molar-refractivity contribution < 1.29 is 23.4 Å². The first-order chi connectivity index (χ1) is 9.23. The van der Waals surface area contributed by atoms with Crippen LogP contribution in [0.3, 0.4) is 0 Å². The van der Waals surface area contributed by atoms with Crippen LogP contribution in [0.4, 0.5) is 13.2 Å². The Labute approximate surface area is 110 Å². The van der Waals surface area contributed by atoms with Crippen LogP contribution in [0.1, 0.15) is 12.0 Å². The van der Waals surface area contributed by atoms with Crippen LogP contribution in [-0.4, -0.2) is 33.0 Å². The molecule has 0 spiro atoms. The monoisotopic (exact) mass is 294 g/mol. The van der Waals surface area contributed by atoms with Crippen molar-refractivity contribution >= 4 is 0 Å². The fourth-order valence-electron chi connectivity index (χ4n) is 2.30. The second-order valence-electron chi connectivity index (χ2n) is 5.03. The first-order valence-corrected chi connectivity index (χ1v) is 5.86. The molecule has 9 heteroatoms. The highest BCUT2D eigenvalue weighted by Crippen LogP contribution is 2.52. The van der Waals surface area contributed by atoms with Crippen molar-refractivity contribution in [2.24, 2.45) is 11.3 Å². The van der Waals surface area contributed by atoms with Gasteiger partial charge in [0.2, 0.25) is 0 Å². The minimum absolute atomic E-state index is 0.187. The van der Waals surface area contributed by atoms with E-state index in [1.54, 1.807) is 4.98 Å². The highest BCUT2D eigenvalue weighted by atomic mass is 19.4. The van der Waals surface area contributed by atoms with Crippen LogP contribution in [-0.2, 0) is 12.7 Å². The van der Waals surface area contributed by atoms with Crippen molar-refractivity contribution in [3.05, 3.63) is 32.6 Å². The van der Waals surface area contributed by atoms with Gasteiger partial charge in [-0.2, -0.15) is 13.2 Å². The third-order valence-corrected chi connectivity index (χ3v) is 3.70. The van der Waals surface area contributed by atoms with E-state index in [-0.39, 0.29) is 25.7 Å². The predicted octanol–water partition coefficient (Wildman–Crippen LogP) is -0.454. The lowest BCUT2D eigenvalue weighted by molar-refractivity contribution is -0.139. The Morgan fingerprint density at radius 2 is 2.05 bits per heavy atom. The minimum Gasteiger partial charge on any atom is -0.396 e. The number of alkyl halides is 3. The zero-order valence-corrected chi connectivity index (χ0v) is 10.3. The summed E-state index contributed by atoms with van der Waals surface area (Å²) in [5.74, 6) is -0.263. The zero-order chi connectivity index (χ0) is 15.1.